The number of fused-ring (bicyclic) bond motifs is 1. The molecule has 2 aliphatic heterocycles. The number of nitrogens with one attached hydrogen (secondary N) is 1. The first-order chi connectivity index (χ1) is 18.7. The van der Waals surface area contributed by atoms with Gasteiger partial charge in [0.25, 0.3) is 17.7 Å². The smallest absolute Gasteiger partial charge is 0.407 e. The molecule has 0 saturated carbocycles. The van der Waals surface area contributed by atoms with Gasteiger partial charge >= 0.3 is 12.5 Å². The minimum Gasteiger partial charge on any atom is -0.476 e. The van der Waals surface area contributed by atoms with Gasteiger partial charge in [-0.3, -0.25) is 14.4 Å². The van der Waals surface area contributed by atoms with Gasteiger partial charge in [0.05, 0.1) is 11.7 Å². The molecule has 1 aromatic carbocycles. The molecule has 220 valence electrons. The number of aryl methyl sites for hydroxylation is 1. The van der Waals surface area contributed by atoms with E-state index in [0.717, 1.165) is 0 Å². The van der Waals surface area contributed by atoms with Crippen LogP contribution in [0.4, 0.5) is 19.3 Å². The molecule has 13 heteroatoms. The molecule has 1 fully saturated rings. The van der Waals surface area contributed by atoms with Crippen LogP contribution < -0.4 is 15.0 Å². The third-order valence-corrected chi connectivity index (χ3v) is 7.26. The Morgan fingerprint density at radius 2 is 1.93 bits per heavy atom. The Labute approximate surface area is 231 Å². The number of aldehydes is 1. The van der Waals surface area contributed by atoms with E-state index in [1.165, 1.54) is 15.9 Å². The average molecular weight is 567 g/mol. The van der Waals surface area contributed by atoms with E-state index < -0.39 is 42.0 Å². The number of carbonyl (C=O) groups excluding carboxylic acids is 4. The molecule has 0 spiro atoms. The second-order valence-corrected chi connectivity index (χ2v) is 10.8. The van der Waals surface area contributed by atoms with Gasteiger partial charge in [-0.15, -0.1) is 0 Å². The van der Waals surface area contributed by atoms with Crippen LogP contribution in [0.25, 0.3) is 0 Å². The Bertz CT molecular complexity index is 1170. The second-order valence-electron chi connectivity index (χ2n) is 10.8. The first-order valence-corrected chi connectivity index (χ1v) is 13.2. The number of hydrogen-bond donors (Lipinski definition) is 2. The number of nitrogens with zero attached hydrogens (tertiary/aromatic N) is 3. The van der Waals surface area contributed by atoms with E-state index in [2.05, 4.69) is 5.32 Å². The van der Waals surface area contributed by atoms with Crippen molar-refractivity contribution in [1.29, 1.82) is 0 Å². The van der Waals surface area contributed by atoms with E-state index in [1.54, 1.807) is 31.7 Å². The van der Waals surface area contributed by atoms with Gasteiger partial charge in [-0.25, -0.2) is 4.79 Å². The quantitative estimate of drug-likeness (QED) is 0.439. The van der Waals surface area contributed by atoms with Crippen LogP contribution in [0.15, 0.2) is 12.1 Å². The lowest BCUT2D eigenvalue weighted by Crippen LogP contribution is -2.57. The van der Waals surface area contributed by atoms with Crippen molar-refractivity contribution in [3.8, 4) is 5.75 Å². The van der Waals surface area contributed by atoms with Crippen LogP contribution in [0, 0.1) is 6.92 Å². The van der Waals surface area contributed by atoms with Crippen molar-refractivity contribution >= 4 is 35.8 Å². The Kier molecular flexibility index (Phi) is 9.36. The number of benzene rings is 1. The summed E-state index contributed by atoms with van der Waals surface area (Å²) >= 11 is 0. The summed E-state index contributed by atoms with van der Waals surface area (Å²) in [5, 5.41) is 11.8. The standard InChI is InChI=1S/C27H36F2N4O7/c1-15(2)33(18-7-6-17(8-11-34)32(14-18)26(38)39)24(36)19-13-20-21(12-16(19)3)40-27(4,5)25(37)31(20)10-9-30-23(35)22(28)29/h11-13,15,17-18,22H,6-10,14H2,1-5H3,(H,30,35)(H,38,39)/t17-,18-/m1/s1. The highest BCUT2D eigenvalue weighted by Crippen LogP contribution is 2.40. The van der Waals surface area contributed by atoms with E-state index in [9.17, 15) is 37.9 Å². The highest BCUT2D eigenvalue weighted by Gasteiger charge is 2.42. The predicted octanol–water partition coefficient (Wildman–Crippen LogP) is 2.83. The molecule has 0 bridgehead atoms. The summed E-state index contributed by atoms with van der Waals surface area (Å²) in [6, 6.07) is 1.94. The number of carboxylic acid groups (broad SMARTS) is 1. The number of halogens is 2. The van der Waals surface area contributed by atoms with E-state index in [1.807, 2.05) is 13.8 Å². The Hall–Kier alpha value is -3.77. The maximum Gasteiger partial charge on any atom is 0.407 e. The molecular formula is C27H36F2N4O7. The summed E-state index contributed by atoms with van der Waals surface area (Å²) in [4.78, 5) is 65.6. The number of hydrogen-bond acceptors (Lipinski definition) is 6. The number of anilines is 1. The van der Waals surface area contributed by atoms with E-state index in [4.69, 9.17) is 4.74 Å². The minimum atomic E-state index is -3.19. The van der Waals surface area contributed by atoms with Gasteiger partial charge in [-0.05, 0) is 65.2 Å². The van der Waals surface area contributed by atoms with Crippen LogP contribution in [0.5, 0.6) is 5.75 Å². The SMILES string of the molecule is Cc1cc2c(cc1C(=O)N(C(C)C)[C@@H]1CC[C@H](CC=O)N(C(=O)O)C1)N(CCNC(=O)C(F)F)C(=O)C(C)(C)O2. The molecule has 2 atom stereocenters. The van der Waals surface area contributed by atoms with Crippen molar-refractivity contribution in [2.24, 2.45) is 0 Å². The second kappa shape index (κ2) is 12.2. The zero-order chi connectivity index (χ0) is 29.9. The van der Waals surface area contributed by atoms with Crippen molar-refractivity contribution in [3.63, 3.8) is 0 Å². The van der Waals surface area contributed by atoms with Gasteiger partial charge in [-0.1, -0.05) is 0 Å². The fourth-order valence-electron chi connectivity index (χ4n) is 5.32. The van der Waals surface area contributed by atoms with Crippen LogP contribution in [-0.4, -0.2) is 94.8 Å². The minimum absolute atomic E-state index is 0.0491. The fourth-order valence-corrected chi connectivity index (χ4v) is 5.32. The van der Waals surface area contributed by atoms with Crippen LogP contribution in [-0.2, 0) is 14.4 Å². The van der Waals surface area contributed by atoms with Gasteiger partial charge in [0, 0.05) is 43.7 Å². The molecule has 4 amide bonds. The number of alkyl halides is 2. The highest BCUT2D eigenvalue weighted by molar-refractivity contribution is 6.05. The summed E-state index contributed by atoms with van der Waals surface area (Å²) in [5.74, 6) is -1.98. The molecule has 40 heavy (non-hydrogen) atoms. The van der Waals surface area contributed by atoms with E-state index in [0.29, 0.717) is 30.4 Å². The molecule has 0 radical (unpaired) electrons. The van der Waals surface area contributed by atoms with Gasteiger partial charge in [-0.2, -0.15) is 8.78 Å². The van der Waals surface area contributed by atoms with Crippen LogP contribution >= 0.6 is 0 Å². The summed E-state index contributed by atoms with van der Waals surface area (Å²) in [5.41, 5.74) is -0.185. The maximum atomic E-state index is 14.0. The molecule has 1 aromatic rings. The van der Waals surface area contributed by atoms with Crippen LogP contribution in [0.3, 0.4) is 0 Å². The van der Waals surface area contributed by atoms with Gasteiger partial charge in [0.2, 0.25) is 0 Å². The van der Waals surface area contributed by atoms with Gasteiger partial charge in [0.1, 0.15) is 12.0 Å². The summed E-state index contributed by atoms with van der Waals surface area (Å²) in [7, 11) is 0. The summed E-state index contributed by atoms with van der Waals surface area (Å²) < 4.78 is 31.2. The highest BCUT2D eigenvalue weighted by atomic mass is 19.3. The number of rotatable bonds is 9. The fraction of sp³-hybridized carbons (Fsp3) is 0.593. The lowest BCUT2D eigenvalue weighted by Gasteiger charge is -2.44. The van der Waals surface area contributed by atoms with Crippen molar-refractivity contribution in [1.82, 2.24) is 15.1 Å². The molecule has 2 N–H and O–H groups in total. The number of amides is 4. The Balaban J connectivity index is 1.95. The van der Waals surface area contributed by atoms with Gasteiger partial charge < -0.3 is 34.7 Å². The van der Waals surface area contributed by atoms with E-state index >= 15 is 0 Å². The Morgan fingerprint density at radius 3 is 2.50 bits per heavy atom. The number of carbonyl (C=O) groups is 5. The molecule has 0 aliphatic carbocycles. The Morgan fingerprint density at radius 1 is 1.25 bits per heavy atom. The van der Waals surface area contributed by atoms with Crippen molar-refractivity contribution in [2.45, 2.75) is 84.0 Å². The molecule has 0 aromatic heterocycles. The first kappa shape index (κ1) is 30.8. The lowest BCUT2D eigenvalue weighted by molar-refractivity contribution is -0.133. The molecule has 1 saturated heterocycles. The topological polar surface area (TPSA) is 137 Å². The number of likely N-dealkylation sites (tertiary alicyclic amines) is 1. The average Bonchev–Trinajstić information content (AvgIpc) is 2.86. The number of ether oxygens (including phenoxy) is 1. The molecular weight excluding hydrogens is 530 g/mol. The first-order valence-electron chi connectivity index (χ1n) is 13.2. The molecule has 2 aliphatic rings. The normalized spacial score (nSPS) is 20.2. The monoisotopic (exact) mass is 566 g/mol. The van der Waals surface area contributed by atoms with Crippen LogP contribution in [0.2, 0.25) is 0 Å². The van der Waals surface area contributed by atoms with Crippen molar-refractivity contribution in [3.05, 3.63) is 23.3 Å². The lowest BCUT2D eigenvalue weighted by atomic mass is 9.93. The third kappa shape index (κ3) is 6.34. The molecule has 0 unspecified atom stereocenters. The van der Waals surface area contributed by atoms with Gasteiger partial charge in [0.15, 0.2) is 5.60 Å². The molecule has 11 nitrogen and oxygen atoms in total. The molecule has 2 heterocycles. The van der Waals surface area contributed by atoms with Crippen molar-refractivity contribution in [2.75, 3.05) is 24.5 Å². The van der Waals surface area contributed by atoms with Crippen LogP contribution in [0.1, 0.15) is 62.9 Å². The predicted molar refractivity (Wildman–Crippen MR) is 141 cm³/mol. The zero-order valence-corrected chi connectivity index (χ0v) is 23.3. The summed E-state index contributed by atoms with van der Waals surface area (Å²) in [6.45, 7) is 8.16. The maximum absolute atomic E-state index is 14.0. The third-order valence-electron chi connectivity index (χ3n) is 7.26. The van der Waals surface area contributed by atoms with Crippen molar-refractivity contribution < 1.29 is 42.6 Å². The summed E-state index contributed by atoms with van der Waals surface area (Å²) in [6.07, 6.45) is -2.66. The largest absolute Gasteiger partial charge is 0.476 e. The zero-order valence-electron chi connectivity index (χ0n) is 23.3. The van der Waals surface area contributed by atoms with E-state index in [-0.39, 0.29) is 49.3 Å². The molecule has 3 rings (SSSR count). The number of piperidine rings is 1.